The van der Waals surface area contributed by atoms with Gasteiger partial charge in [-0.1, -0.05) is 36.4 Å². The lowest BCUT2D eigenvalue weighted by atomic mass is 10.1. The Morgan fingerprint density at radius 3 is 2.77 bits per heavy atom. The van der Waals surface area contributed by atoms with Gasteiger partial charge in [0.05, 0.1) is 24.4 Å². The van der Waals surface area contributed by atoms with E-state index in [0.717, 1.165) is 30.8 Å². The molecule has 2 heterocycles. The summed E-state index contributed by atoms with van der Waals surface area (Å²) < 4.78 is 11.0. The lowest BCUT2D eigenvalue weighted by Crippen LogP contribution is -2.47. The summed E-state index contributed by atoms with van der Waals surface area (Å²) in [5.41, 5.74) is 3.36. The molecule has 0 aliphatic carbocycles. The van der Waals surface area contributed by atoms with E-state index in [1.165, 1.54) is 5.56 Å². The maximum Gasteiger partial charge on any atom is 0.0768 e. The molecule has 1 aliphatic rings. The van der Waals surface area contributed by atoms with Gasteiger partial charge in [0.15, 0.2) is 0 Å². The molecule has 0 spiro atoms. The number of rotatable bonds is 5. The monoisotopic (exact) mass is 298 g/mol. The zero-order chi connectivity index (χ0) is 15.2. The fraction of sp³-hybridized carbons (Fsp3) is 0.389. The predicted octanol–water partition coefficient (Wildman–Crippen LogP) is 2.64. The van der Waals surface area contributed by atoms with E-state index in [2.05, 4.69) is 34.6 Å². The van der Waals surface area contributed by atoms with Gasteiger partial charge in [-0.25, -0.2) is 0 Å². The van der Waals surface area contributed by atoms with Crippen molar-refractivity contribution in [1.82, 2.24) is 10.3 Å². The Morgan fingerprint density at radius 2 is 2.05 bits per heavy atom. The number of hydrogen-bond acceptors (Lipinski definition) is 4. The van der Waals surface area contributed by atoms with Gasteiger partial charge in [-0.15, -0.1) is 0 Å². The Labute approximate surface area is 131 Å². The van der Waals surface area contributed by atoms with Crippen LogP contribution in [0.5, 0.6) is 0 Å². The fourth-order valence-corrected chi connectivity index (χ4v) is 2.76. The molecule has 2 aromatic rings. The molecule has 1 saturated heterocycles. The summed E-state index contributed by atoms with van der Waals surface area (Å²) in [7, 11) is 1.76. The second-order valence-electron chi connectivity index (χ2n) is 5.53. The number of hydrogen-bond donors (Lipinski definition) is 1. The fourth-order valence-electron chi connectivity index (χ4n) is 2.76. The first-order valence-electron chi connectivity index (χ1n) is 7.71. The van der Waals surface area contributed by atoms with E-state index in [1.807, 2.05) is 24.4 Å². The second-order valence-corrected chi connectivity index (χ2v) is 5.53. The van der Waals surface area contributed by atoms with Crippen molar-refractivity contribution in [2.75, 3.05) is 20.3 Å². The van der Waals surface area contributed by atoms with Crippen molar-refractivity contribution in [2.45, 2.75) is 25.1 Å². The SMILES string of the molecule is CO[C@@H]1CCOC[C@H]1NCc1ccc(-c2ccccc2)cn1. The topological polar surface area (TPSA) is 43.4 Å². The van der Waals surface area contributed by atoms with Gasteiger partial charge in [-0.05, 0) is 18.1 Å². The number of nitrogens with one attached hydrogen (secondary N) is 1. The molecule has 0 radical (unpaired) electrons. The highest BCUT2D eigenvalue weighted by Gasteiger charge is 2.24. The average Bonchev–Trinajstić information content (AvgIpc) is 2.61. The normalized spacial score (nSPS) is 21.7. The van der Waals surface area contributed by atoms with E-state index in [4.69, 9.17) is 9.47 Å². The van der Waals surface area contributed by atoms with Crippen LogP contribution in [-0.2, 0) is 16.0 Å². The molecule has 1 aromatic carbocycles. The molecule has 0 unspecified atom stereocenters. The van der Waals surface area contributed by atoms with Crippen molar-refractivity contribution in [3.63, 3.8) is 0 Å². The van der Waals surface area contributed by atoms with E-state index in [1.54, 1.807) is 7.11 Å². The van der Waals surface area contributed by atoms with Crippen LogP contribution < -0.4 is 5.32 Å². The van der Waals surface area contributed by atoms with Gasteiger partial charge in [0.25, 0.3) is 0 Å². The minimum atomic E-state index is 0.220. The van der Waals surface area contributed by atoms with Crippen molar-refractivity contribution < 1.29 is 9.47 Å². The van der Waals surface area contributed by atoms with Gasteiger partial charge < -0.3 is 14.8 Å². The zero-order valence-electron chi connectivity index (χ0n) is 12.9. The molecule has 4 nitrogen and oxygen atoms in total. The van der Waals surface area contributed by atoms with Crippen LogP contribution in [-0.4, -0.2) is 37.5 Å². The third kappa shape index (κ3) is 3.71. The molecule has 1 N–H and O–H groups in total. The summed E-state index contributed by atoms with van der Waals surface area (Å²) in [6.45, 7) is 2.20. The highest BCUT2D eigenvalue weighted by atomic mass is 16.5. The standard InChI is InChI=1S/C18H22N2O2/c1-21-18-9-10-22-13-17(18)20-12-16-8-7-15(11-19-16)14-5-3-2-4-6-14/h2-8,11,17-18,20H,9-10,12-13H2,1H3/t17-,18-/m1/s1. The first-order valence-corrected chi connectivity index (χ1v) is 7.71. The number of ether oxygens (including phenoxy) is 2. The van der Waals surface area contributed by atoms with Crippen LogP contribution in [0.4, 0.5) is 0 Å². The lowest BCUT2D eigenvalue weighted by molar-refractivity contribution is -0.0374. The van der Waals surface area contributed by atoms with Gasteiger partial charge in [0.2, 0.25) is 0 Å². The average molecular weight is 298 g/mol. The molecular formula is C18H22N2O2. The Morgan fingerprint density at radius 1 is 1.18 bits per heavy atom. The van der Waals surface area contributed by atoms with E-state index in [9.17, 15) is 0 Å². The van der Waals surface area contributed by atoms with Crippen LogP contribution in [0.15, 0.2) is 48.7 Å². The maximum atomic E-state index is 5.52. The zero-order valence-corrected chi connectivity index (χ0v) is 12.9. The van der Waals surface area contributed by atoms with E-state index >= 15 is 0 Å². The first-order chi connectivity index (χ1) is 10.9. The number of aromatic nitrogens is 1. The van der Waals surface area contributed by atoms with Crippen LogP contribution in [0.2, 0.25) is 0 Å². The van der Waals surface area contributed by atoms with Crippen LogP contribution >= 0.6 is 0 Å². The van der Waals surface area contributed by atoms with Crippen LogP contribution in [0.1, 0.15) is 12.1 Å². The minimum absolute atomic E-state index is 0.220. The smallest absolute Gasteiger partial charge is 0.0768 e. The van der Waals surface area contributed by atoms with Crippen molar-refractivity contribution in [1.29, 1.82) is 0 Å². The molecule has 22 heavy (non-hydrogen) atoms. The van der Waals surface area contributed by atoms with Crippen molar-refractivity contribution in [2.24, 2.45) is 0 Å². The van der Waals surface area contributed by atoms with Crippen molar-refractivity contribution in [3.05, 3.63) is 54.4 Å². The molecular weight excluding hydrogens is 276 g/mol. The second kappa shape index (κ2) is 7.49. The van der Waals surface area contributed by atoms with Gasteiger partial charge in [0, 0.05) is 32.0 Å². The quantitative estimate of drug-likeness (QED) is 0.921. The van der Waals surface area contributed by atoms with Crippen molar-refractivity contribution >= 4 is 0 Å². The van der Waals surface area contributed by atoms with Crippen LogP contribution in [0, 0.1) is 0 Å². The van der Waals surface area contributed by atoms with E-state index in [-0.39, 0.29) is 12.1 Å². The maximum absolute atomic E-state index is 5.52. The Hall–Kier alpha value is -1.75. The predicted molar refractivity (Wildman–Crippen MR) is 86.5 cm³/mol. The Balaban J connectivity index is 1.59. The molecule has 0 saturated carbocycles. The molecule has 116 valence electrons. The molecule has 4 heteroatoms. The number of benzene rings is 1. The highest BCUT2D eigenvalue weighted by molar-refractivity contribution is 5.62. The van der Waals surface area contributed by atoms with Gasteiger partial charge >= 0.3 is 0 Å². The molecule has 3 rings (SSSR count). The minimum Gasteiger partial charge on any atom is -0.380 e. The summed E-state index contributed by atoms with van der Waals surface area (Å²) in [4.78, 5) is 4.55. The van der Waals surface area contributed by atoms with E-state index in [0.29, 0.717) is 6.61 Å². The molecule has 0 bridgehead atoms. The first kappa shape index (κ1) is 15.2. The summed E-state index contributed by atoms with van der Waals surface area (Å²) in [6.07, 6.45) is 3.09. The highest BCUT2D eigenvalue weighted by Crippen LogP contribution is 2.18. The molecule has 1 aromatic heterocycles. The summed E-state index contributed by atoms with van der Waals surface area (Å²) in [5.74, 6) is 0. The van der Waals surface area contributed by atoms with Crippen LogP contribution in [0.3, 0.4) is 0 Å². The largest absolute Gasteiger partial charge is 0.380 e. The number of methoxy groups -OCH3 is 1. The lowest BCUT2D eigenvalue weighted by Gasteiger charge is -2.31. The summed E-state index contributed by atoms with van der Waals surface area (Å²) in [5, 5.41) is 3.49. The summed E-state index contributed by atoms with van der Waals surface area (Å²) >= 11 is 0. The Bertz CT molecular complexity index is 571. The van der Waals surface area contributed by atoms with Gasteiger partial charge in [-0.2, -0.15) is 0 Å². The summed E-state index contributed by atoms with van der Waals surface area (Å²) in [6, 6.07) is 14.7. The molecule has 1 aliphatic heterocycles. The van der Waals surface area contributed by atoms with Crippen molar-refractivity contribution in [3.8, 4) is 11.1 Å². The number of pyridine rings is 1. The third-order valence-corrected chi connectivity index (χ3v) is 4.07. The van der Waals surface area contributed by atoms with Gasteiger partial charge in [0.1, 0.15) is 0 Å². The van der Waals surface area contributed by atoms with Gasteiger partial charge in [-0.3, -0.25) is 4.98 Å². The van der Waals surface area contributed by atoms with Crippen LogP contribution in [0.25, 0.3) is 11.1 Å². The molecule has 0 amide bonds. The molecule has 2 atom stereocenters. The molecule has 1 fully saturated rings. The van der Waals surface area contributed by atoms with E-state index < -0.39 is 0 Å². The Kier molecular flexibility index (Phi) is 5.16. The number of nitrogens with zero attached hydrogens (tertiary/aromatic N) is 1. The third-order valence-electron chi connectivity index (χ3n) is 4.07.